The summed E-state index contributed by atoms with van der Waals surface area (Å²) in [4.78, 5) is 27.6. The van der Waals surface area contributed by atoms with Crippen molar-refractivity contribution in [2.24, 2.45) is 0 Å². The zero-order chi connectivity index (χ0) is 25.7. The fraction of sp³-hybridized carbons (Fsp3) is 0.290. The number of urea groups is 1. The molecule has 4 rings (SSSR count). The predicted octanol–water partition coefficient (Wildman–Crippen LogP) is 5.24. The molecule has 3 aromatic rings. The Hall–Kier alpha value is -3.90. The number of hydrogen-bond donors (Lipinski definition) is 3. The van der Waals surface area contributed by atoms with Gasteiger partial charge in [0.05, 0.1) is 6.04 Å². The van der Waals surface area contributed by atoms with E-state index in [9.17, 15) is 9.59 Å². The molecule has 37 heavy (non-hydrogen) atoms. The van der Waals surface area contributed by atoms with E-state index in [1.807, 2.05) is 72.8 Å². The van der Waals surface area contributed by atoms with Crippen LogP contribution < -0.4 is 16.0 Å². The number of anilines is 1. The molecular formula is C31H36N4O2. The van der Waals surface area contributed by atoms with E-state index in [1.54, 1.807) is 6.08 Å². The van der Waals surface area contributed by atoms with Crippen molar-refractivity contribution in [3.05, 3.63) is 103 Å². The summed E-state index contributed by atoms with van der Waals surface area (Å²) >= 11 is 0. The van der Waals surface area contributed by atoms with Gasteiger partial charge in [0.15, 0.2) is 0 Å². The topological polar surface area (TPSA) is 73.5 Å². The molecule has 3 aromatic carbocycles. The average Bonchev–Trinajstić information content (AvgIpc) is 3.45. The molecule has 1 atom stereocenters. The third-order valence-corrected chi connectivity index (χ3v) is 6.49. The van der Waals surface area contributed by atoms with E-state index in [2.05, 4.69) is 33.0 Å². The molecule has 1 aliphatic rings. The number of amides is 3. The van der Waals surface area contributed by atoms with Gasteiger partial charge >= 0.3 is 6.03 Å². The van der Waals surface area contributed by atoms with Gasteiger partial charge in [0.1, 0.15) is 0 Å². The lowest BCUT2D eigenvalue weighted by Gasteiger charge is -2.16. The molecule has 0 saturated carbocycles. The minimum atomic E-state index is -0.332. The van der Waals surface area contributed by atoms with Crippen LogP contribution in [0.15, 0.2) is 97.1 Å². The molecule has 1 aliphatic heterocycles. The van der Waals surface area contributed by atoms with E-state index in [-0.39, 0.29) is 18.0 Å². The van der Waals surface area contributed by atoms with Gasteiger partial charge in [0, 0.05) is 18.3 Å². The molecular weight excluding hydrogens is 460 g/mol. The molecule has 0 aromatic heterocycles. The van der Waals surface area contributed by atoms with Crippen LogP contribution in [0.1, 0.15) is 24.8 Å². The summed E-state index contributed by atoms with van der Waals surface area (Å²) < 4.78 is 0. The Morgan fingerprint density at radius 1 is 0.838 bits per heavy atom. The number of nitrogens with zero attached hydrogens (tertiary/aromatic N) is 1. The van der Waals surface area contributed by atoms with E-state index in [0.717, 1.165) is 29.7 Å². The maximum Gasteiger partial charge on any atom is 0.319 e. The zero-order valence-electron chi connectivity index (χ0n) is 21.2. The number of carbonyl (C=O) groups is 2. The lowest BCUT2D eigenvalue weighted by molar-refractivity contribution is -0.116. The Morgan fingerprint density at radius 3 is 2.19 bits per heavy atom. The van der Waals surface area contributed by atoms with Crippen molar-refractivity contribution in [3.8, 4) is 11.1 Å². The van der Waals surface area contributed by atoms with Crippen LogP contribution in [-0.2, 0) is 11.2 Å². The van der Waals surface area contributed by atoms with Crippen molar-refractivity contribution < 1.29 is 9.59 Å². The Morgan fingerprint density at radius 2 is 1.49 bits per heavy atom. The van der Waals surface area contributed by atoms with Crippen molar-refractivity contribution >= 4 is 17.6 Å². The van der Waals surface area contributed by atoms with Crippen LogP contribution in [0.2, 0.25) is 0 Å². The van der Waals surface area contributed by atoms with Crippen LogP contribution in [0, 0.1) is 0 Å². The SMILES string of the molecule is O=C(C=C[C@@H](Cc1ccccc1)NC(=O)Nc1ccc(-c2ccccc2)cc1)NCCCN1CCCC1. The van der Waals surface area contributed by atoms with Crippen LogP contribution in [0.4, 0.5) is 10.5 Å². The Kier molecular flexibility index (Phi) is 9.90. The molecule has 0 radical (unpaired) electrons. The van der Waals surface area contributed by atoms with Gasteiger partial charge in [-0.25, -0.2) is 4.79 Å². The highest BCUT2D eigenvalue weighted by Gasteiger charge is 2.12. The van der Waals surface area contributed by atoms with Crippen molar-refractivity contribution in [1.82, 2.24) is 15.5 Å². The fourth-order valence-electron chi connectivity index (χ4n) is 4.53. The summed E-state index contributed by atoms with van der Waals surface area (Å²) in [5, 5.41) is 8.86. The highest BCUT2D eigenvalue weighted by molar-refractivity contribution is 5.90. The standard InChI is InChI=1S/C31H36N4O2/c36-30(32-20-9-23-35-21-7-8-22-35)19-18-29(24-25-10-3-1-4-11-25)34-31(37)33-28-16-14-27(15-17-28)26-12-5-2-6-13-26/h1-6,10-19,29H,7-9,20-24H2,(H,32,36)(H2,33,34,37)/t29-/m0/s1. The maximum atomic E-state index is 12.8. The molecule has 6 heteroatoms. The number of nitrogens with one attached hydrogen (secondary N) is 3. The number of carbonyl (C=O) groups excluding carboxylic acids is 2. The summed E-state index contributed by atoms with van der Waals surface area (Å²) in [6, 6.07) is 27.1. The van der Waals surface area contributed by atoms with E-state index < -0.39 is 0 Å². The lowest BCUT2D eigenvalue weighted by atomic mass is 10.1. The zero-order valence-corrected chi connectivity index (χ0v) is 21.2. The van der Waals surface area contributed by atoms with Gasteiger partial charge in [-0.05, 0) is 74.1 Å². The van der Waals surface area contributed by atoms with E-state index in [4.69, 9.17) is 0 Å². The van der Waals surface area contributed by atoms with E-state index in [1.165, 1.54) is 32.0 Å². The second-order valence-electron chi connectivity index (χ2n) is 9.39. The van der Waals surface area contributed by atoms with E-state index >= 15 is 0 Å². The van der Waals surface area contributed by atoms with Gasteiger partial charge in [-0.15, -0.1) is 0 Å². The second-order valence-corrected chi connectivity index (χ2v) is 9.39. The van der Waals surface area contributed by atoms with Crippen LogP contribution >= 0.6 is 0 Å². The largest absolute Gasteiger partial charge is 0.353 e. The Labute approximate surface area is 219 Å². The van der Waals surface area contributed by atoms with Crippen molar-refractivity contribution in [2.75, 3.05) is 31.5 Å². The normalized spacial score (nSPS) is 14.4. The molecule has 6 nitrogen and oxygen atoms in total. The minimum absolute atomic E-state index is 0.141. The molecule has 0 spiro atoms. The first kappa shape index (κ1) is 26.2. The number of rotatable bonds is 11. The highest BCUT2D eigenvalue weighted by Crippen LogP contribution is 2.21. The summed E-state index contributed by atoms with van der Waals surface area (Å²) in [5.74, 6) is -0.141. The van der Waals surface area contributed by atoms with Crippen LogP contribution in [0.3, 0.4) is 0 Å². The second kappa shape index (κ2) is 14.0. The van der Waals surface area contributed by atoms with Crippen LogP contribution in [0.5, 0.6) is 0 Å². The van der Waals surface area contributed by atoms with Gasteiger partial charge in [0.2, 0.25) is 5.91 Å². The summed E-state index contributed by atoms with van der Waals surface area (Å²) in [5.41, 5.74) is 4.00. The lowest BCUT2D eigenvalue weighted by Crippen LogP contribution is -2.38. The first-order valence-corrected chi connectivity index (χ1v) is 13.1. The molecule has 1 heterocycles. The Balaban J connectivity index is 1.30. The fourth-order valence-corrected chi connectivity index (χ4v) is 4.53. The molecule has 3 amide bonds. The maximum absolute atomic E-state index is 12.8. The van der Waals surface area contributed by atoms with Gasteiger partial charge in [0.25, 0.3) is 0 Å². The third kappa shape index (κ3) is 8.92. The van der Waals surface area contributed by atoms with Crippen molar-refractivity contribution in [3.63, 3.8) is 0 Å². The summed E-state index contributed by atoms with van der Waals surface area (Å²) in [7, 11) is 0. The highest BCUT2D eigenvalue weighted by atomic mass is 16.2. The van der Waals surface area contributed by atoms with Gasteiger partial charge in [-0.1, -0.05) is 78.9 Å². The molecule has 3 N–H and O–H groups in total. The monoisotopic (exact) mass is 496 g/mol. The predicted molar refractivity (Wildman–Crippen MR) is 150 cm³/mol. The summed E-state index contributed by atoms with van der Waals surface area (Å²) in [6.07, 6.45) is 7.37. The van der Waals surface area contributed by atoms with Crippen molar-refractivity contribution in [2.45, 2.75) is 31.7 Å². The van der Waals surface area contributed by atoms with Crippen molar-refractivity contribution in [1.29, 1.82) is 0 Å². The third-order valence-electron chi connectivity index (χ3n) is 6.49. The molecule has 0 bridgehead atoms. The number of hydrogen-bond acceptors (Lipinski definition) is 3. The first-order valence-electron chi connectivity index (χ1n) is 13.1. The molecule has 0 aliphatic carbocycles. The van der Waals surface area contributed by atoms with Crippen LogP contribution in [0.25, 0.3) is 11.1 Å². The number of benzene rings is 3. The molecule has 192 valence electrons. The van der Waals surface area contributed by atoms with Gasteiger partial charge < -0.3 is 20.9 Å². The number of likely N-dealkylation sites (tertiary alicyclic amines) is 1. The Bertz CT molecular complexity index is 1140. The average molecular weight is 497 g/mol. The van der Waals surface area contributed by atoms with Gasteiger partial charge in [-0.2, -0.15) is 0 Å². The molecule has 1 saturated heterocycles. The van der Waals surface area contributed by atoms with Gasteiger partial charge in [-0.3, -0.25) is 4.79 Å². The molecule has 1 fully saturated rings. The minimum Gasteiger partial charge on any atom is -0.353 e. The smallest absolute Gasteiger partial charge is 0.319 e. The molecule has 0 unspecified atom stereocenters. The first-order chi connectivity index (χ1) is 18.2. The quantitative estimate of drug-likeness (QED) is 0.251. The van der Waals surface area contributed by atoms with E-state index in [0.29, 0.717) is 18.7 Å². The summed E-state index contributed by atoms with van der Waals surface area (Å²) in [6.45, 7) is 4.00. The van der Waals surface area contributed by atoms with Crippen LogP contribution in [-0.4, -0.2) is 49.1 Å².